The average Bonchev–Trinajstić information content (AvgIpc) is 2.46. The maximum absolute atomic E-state index is 12.3. The van der Waals surface area contributed by atoms with E-state index in [1.807, 2.05) is 18.1 Å². The van der Waals surface area contributed by atoms with Crippen molar-refractivity contribution in [3.63, 3.8) is 0 Å². The quantitative estimate of drug-likeness (QED) is 0.854. The van der Waals surface area contributed by atoms with Crippen molar-refractivity contribution in [1.82, 2.24) is 9.80 Å². The van der Waals surface area contributed by atoms with Crippen LogP contribution in [0.4, 0.5) is 0 Å². The number of rotatable bonds is 4. The average molecular weight is 320 g/mol. The maximum Gasteiger partial charge on any atom is 0.242 e. The summed E-state index contributed by atoms with van der Waals surface area (Å²) < 4.78 is 0. The lowest BCUT2D eigenvalue weighted by Gasteiger charge is -2.35. The summed E-state index contributed by atoms with van der Waals surface area (Å²) in [5, 5.41) is -0.0845. The Morgan fingerprint density at radius 1 is 1.23 bits per heavy atom. The summed E-state index contributed by atoms with van der Waals surface area (Å²) in [5.41, 5.74) is 3.58. The monoisotopic (exact) mass is 320 g/mol. The molecule has 4 nitrogen and oxygen atoms in total. The molecule has 5 heteroatoms. The molecular formula is C17H24N2O2S. The molecule has 1 aromatic carbocycles. The van der Waals surface area contributed by atoms with Crippen molar-refractivity contribution in [2.75, 3.05) is 25.9 Å². The zero-order valence-corrected chi connectivity index (χ0v) is 14.6. The number of thioether (sulfide) groups is 1. The van der Waals surface area contributed by atoms with Crippen LogP contribution in [0.25, 0.3) is 0 Å². The molecule has 1 aliphatic heterocycles. The van der Waals surface area contributed by atoms with Crippen molar-refractivity contribution < 1.29 is 9.59 Å². The molecule has 0 spiro atoms. The van der Waals surface area contributed by atoms with Crippen LogP contribution in [0.2, 0.25) is 0 Å². The van der Waals surface area contributed by atoms with Crippen molar-refractivity contribution in [2.45, 2.75) is 32.6 Å². The second kappa shape index (κ2) is 7.18. The van der Waals surface area contributed by atoms with Crippen LogP contribution < -0.4 is 0 Å². The van der Waals surface area contributed by atoms with Gasteiger partial charge in [0.15, 0.2) is 0 Å². The second-order valence-corrected chi connectivity index (χ2v) is 7.13. The van der Waals surface area contributed by atoms with Crippen LogP contribution in [0.3, 0.4) is 0 Å². The van der Waals surface area contributed by atoms with Gasteiger partial charge in [0, 0.05) is 19.6 Å². The Bertz CT molecular complexity index is 554. The van der Waals surface area contributed by atoms with Gasteiger partial charge < -0.3 is 9.80 Å². The highest BCUT2D eigenvalue weighted by Gasteiger charge is 2.29. The third kappa shape index (κ3) is 4.03. The van der Waals surface area contributed by atoms with Gasteiger partial charge in [0.05, 0.1) is 11.8 Å². The number of nitrogens with zero attached hydrogens (tertiary/aromatic N) is 2. The Morgan fingerprint density at radius 2 is 1.86 bits per heavy atom. The minimum absolute atomic E-state index is 0.0343. The molecule has 2 rings (SSSR count). The summed E-state index contributed by atoms with van der Waals surface area (Å²) in [6.45, 7) is 8.09. The summed E-state index contributed by atoms with van der Waals surface area (Å²) in [4.78, 5) is 28.0. The molecule has 2 amide bonds. The van der Waals surface area contributed by atoms with E-state index < -0.39 is 0 Å². The highest BCUT2D eigenvalue weighted by Crippen LogP contribution is 2.16. The number of benzene rings is 1. The summed E-state index contributed by atoms with van der Waals surface area (Å²) in [6, 6.07) is 6.37. The normalized spacial score (nSPS) is 16.8. The Morgan fingerprint density at radius 3 is 2.41 bits per heavy atom. The van der Waals surface area contributed by atoms with E-state index in [0.717, 1.165) is 5.56 Å². The van der Waals surface area contributed by atoms with E-state index in [0.29, 0.717) is 19.6 Å². The van der Waals surface area contributed by atoms with Gasteiger partial charge in [-0.25, -0.2) is 0 Å². The number of carbonyl (C=O) groups is 2. The molecule has 0 N–H and O–H groups in total. The molecule has 0 saturated carbocycles. The summed E-state index contributed by atoms with van der Waals surface area (Å²) >= 11 is 1.52. The SMILES string of the molecule is CSC(C)C(=O)N1CCN(Cc2cc(C)cc(C)c2)C(=O)C1. The van der Waals surface area contributed by atoms with Gasteiger partial charge in [-0.15, -0.1) is 0 Å². The first kappa shape index (κ1) is 16.9. The largest absolute Gasteiger partial charge is 0.335 e. The standard InChI is InChI=1S/C17H24N2O2S/c1-12-7-13(2)9-15(8-12)10-18-5-6-19(11-16(18)20)17(21)14(3)22-4/h7-9,14H,5-6,10-11H2,1-4H3. The minimum atomic E-state index is -0.0845. The molecule has 1 atom stereocenters. The van der Waals surface area contributed by atoms with E-state index in [-0.39, 0.29) is 23.6 Å². The molecule has 22 heavy (non-hydrogen) atoms. The first-order valence-electron chi connectivity index (χ1n) is 7.57. The number of carbonyl (C=O) groups excluding carboxylic acids is 2. The first-order valence-corrected chi connectivity index (χ1v) is 8.86. The van der Waals surface area contributed by atoms with Crippen molar-refractivity contribution in [3.05, 3.63) is 34.9 Å². The van der Waals surface area contributed by atoms with Crippen LogP contribution >= 0.6 is 11.8 Å². The Kier molecular flexibility index (Phi) is 5.51. The first-order chi connectivity index (χ1) is 10.4. The number of amides is 2. The van der Waals surface area contributed by atoms with Crippen molar-refractivity contribution in [3.8, 4) is 0 Å². The molecule has 0 radical (unpaired) electrons. The van der Waals surface area contributed by atoms with Gasteiger partial charge in [0.1, 0.15) is 0 Å². The lowest BCUT2D eigenvalue weighted by molar-refractivity contribution is -0.145. The molecule has 1 aliphatic rings. The zero-order valence-electron chi connectivity index (χ0n) is 13.8. The summed E-state index contributed by atoms with van der Waals surface area (Å²) in [7, 11) is 0. The highest BCUT2D eigenvalue weighted by atomic mass is 32.2. The van der Waals surface area contributed by atoms with E-state index in [2.05, 4.69) is 32.0 Å². The van der Waals surface area contributed by atoms with Crippen LogP contribution in [0.15, 0.2) is 18.2 Å². The number of hydrogen-bond donors (Lipinski definition) is 0. The van der Waals surface area contributed by atoms with E-state index in [9.17, 15) is 9.59 Å². The lowest BCUT2D eigenvalue weighted by atomic mass is 10.1. The molecule has 0 aromatic heterocycles. The number of piperazine rings is 1. The van der Waals surface area contributed by atoms with Crippen LogP contribution in [-0.2, 0) is 16.1 Å². The Hall–Kier alpha value is -1.49. The van der Waals surface area contributed by atoms with Crippen LogP contribution in [0, 0.1) is 13.8 Å². The third-order valence-electron chi connectivity index (χ3n) is 3.99. The molecule has 1 saturated heterocycles. The van der Waals surface area contributed by atoms with Crippen molar-refractivity contribution in [2.24, 2.45) is 0 Å². The topological polar surface area (TPSA) is 40.6 Å². The summed E-state index contributed by atoms with van der Waals surface area (Å²) in [6.07, 6.45) is 1.92. The number of aryl methyl sites for hydroxylation is 2. The zero-order chi connectivity index (χ0) is 16.3. The fourth-order valence-corrected chi connectivity index (χ4v) is 3.15. The van der Waals surface area contributed by atoms with Crippen molar-refractivity contribution >= 4 is 23.6 Å². The van der Waals surface area contributed by atoms with Gasteiger partial charge in [-0.1, -0.05) is 29.3 Å². The van der Waals surface area contributed by atoms with Crippen molar-refractivity contribution in [1.29, 1.82) is 0 Å². The molecule has 120 valence electrons. The second-order valence-electron chi connectivity index (χ2n) is 5.95. The van der Waals surface area contributed by atoms with Gasteiger partial charge >= 0.3 is 0 Å². The van der Waals surface area contributed by atoms with E-state index in [4.69, 9.17) is 0 Å². The fourth-order valence-electron chi connectivity index (χ4n) is 2.80. The number of hydrogen-bond acceptors (Lipinski definition) is 3. The Labute approximate surface area is 136 Å². The van der Waals surface area contributed by atoms with Crippen LogP contribution in [-0.4, -0.2) is 52.8 Å². The minimum Gasteiger partial charge on any atom is -0.335 e. The van der Waals surface area contributed by atoms with Crippen LogP contribution in [0.1, 0.15) is 23.6 Å². The maximum atomic E-state index is 12.3. The molecule has 1 fully saturated rings. The summed E-state index contributed by atoms with van der Waals surface area (Å²) in [5.74, 6) is 0.0963. The van der Waals surface area contributed by atoms with Gasteiger partial charge in [-0.3, -0.25) is 9.59 Å². The van der Waals surface area contributed by atoms with E-state index in [1.54, 1.807) is 4.90 Å². The van der Waals surface area contributed by atoms with Gasteiger partial charge in [-0.2, -0.15) is 11.8 Å². The Balaban J connectivity index is 1.99. The molecular weight excluding hydrogens is 296 g/mol. The molecule has 0 aliphatic carbocycles. The molecule has 0 bridgehead atoms. The van der Waals surface area contributed by atoms with Gasteiger partial charge in [0.25, 0.3) is 0 Å². The molecule has 1 heterocycles. The highest BCUT2D eigenvalue weighted by molar-refractivity contribution is 7.99. The third-order valence-corrected chi connectivity index (χ3v) is 4.90. The fraction of sp³-hybridized carbons (Fsp3) is 0.529. The predicted molar refractivity (Wildman–Crippen MR) is 90.9 cm³/mol. The predicted octanol–water partition coefficient (Wildman–Crippen LogP) is 2.23. The lowest BCUT2D eigenvalue weighted by Crippen LogP contribution is -2.53. The molecule has 1 aromatic rings. The van der Waals surface area contributed by atoms with E-state index in [1.165, 1.54) is 22.9 Å². The van der Waals surface area contributed by atoms with E-state index >= 15 is 0 Å². The van der Waals surface area contributed by atoms with Gasteiger partial charge in [0.2, 0.25) is 11.8 Å². The van der Waals surface area contributed by atoms with Gasteiger partial charge in [-0.05, 0) is 32.6 Å². The smallest absolute Gasteiger partial charge is 0.242 e. The van der Waals surface area contributed by atoms with Crippen LogP contribution in [0.5, 0.6) is 0 Å². The molecule has 1 unspecified atom stereocenters.